The smallest absolute Gasteiger partial charge is 0.276 e. The van der Waals surface area contributed by atoms with Crippen LogP contribution in [-0.4, -0.2) is 23.5 Å². The van der Waals surface area contributed by atoms with Crippen molar-refractivity contribution in [1.29, 1.82) is 0 Å². The van der Waals surface area contributed by atoms with E-state index >= 15 is 0 Å². The van der Waals surface area contributed by atoms with Crippen LogP contribution >= 0.6 is 0 Å². The predicted octanol–water partition coefficient (Wildman–Crippen LogP) is 3.14. The van der Waals surface area contributed by atoms with Crippen molar-refractivity contribution in [3.8, 4) is 11.5 Å². The zero-order chi connectivity index (χ0) is 21.2. The maximum atomic E-state index is 12.0. The van der Waals surface area contributed by atoms with E-state index < -0.39 is 5.91 Å². The maximum Gasteiger partial charge on any atom is 0.276 e. The number of benzene rings is 3. The number of rotatable bonds is 8. The Balaban J connectivity index is 1.43. The van der Waals surface area contributed by atoms with Crippen molar-refractivity contribution in [2.75, 3.05) is 6.61 Å². The topological polar surface area (TPSA) is 87.7 Å². The molecule has 0 heterocycles. The second-order valence-electron chi connectivity index (χ2n) is 6.78. The fourth-order valence-corrected chi connectivity index (χ4v) is 2.96. The van der Waals surface area contributed by atoms with E-state index in [1.807, 2.05) is 54.6 Å². The fourth-order valence-electron chi connectivity index (χ4n) is 2.96. The minimum absolute atomic E-state index is 0.138. The minimum Gasteiger partial charge on any atom is -0.508 e. The van der Waals surface area contributed by atoms with Gasteiger partial charge in [0.1, 0.15) is 11.5 Å². The summed E-state index contributed by atoms with van der Waals surface area (Å²) in [4.78, 5) is 23.9. The lowest BCUT2D eigenvalue weighted by molar-refractivity contribution is -0.130. The van der Waals surface area contributed by atoms with Gasteiger partial charge in [-0.1, -0.05) is 66.7 Å². The van der Waals surface area contributed by atoms with Crippen molar-refractivity contribution in [2.45, 2.75) is 19.3 Å². The zero-order valence-electron chi connectivity index (χ0n) is 16.5. The maximum absolute atomic E-state index is 12.0. The number of hydrogen-bond acceptors (Lipinski definition) is 4. The van der Waals surface area contributed by atoms with E-state index in [1.165, 1.54) is 0 Å². The summed E-state index contributed by atoms with van der Waals surface area (Å²) in [5, 5.41) is 9.72. The molecule has 3 N–H and O–H groups in total. The lowest BCUT2D eigenvalue weighted by atomic mass is 10.0. The van der Waals surface area contributed by atoms with Crippen molar-refractivity contribution >= 4 is 11.8 Å². The van der Waals surface area contributed by atoms with Gasteiger partial charge < -0.3 is 9.84 Å². The molecule has 2 amide bonds. The molecule has 0 radical (unpaired) electrons. The average Bonchev–Trinajstić information content (AvgIpc) is 2.77. The number of hydrogen-bond donors (Lipinski definition) is 3. The van der Waals surface area contributed by atoms with Crippen LogP contribution in [0, 0.1) is 0 Å². The molecule has 0 fully saturated rings. The highest BCUT2D eigenvalue weighted by atomic mass is 16.5. The second kappa shape index (κ2) is 10.7. The number of phenolic OH excluding ortho intramolecular Hbond substituents is 1. The molecule has 0 spiro atoms. The molecule has 6 nitrogen and oxygen atoms in total. The van der Waals surface area contributed by atoms with Crippen LogP contribution in [0.5, 0.6) is 11.5 Å². The van der Waals surface area contributed by atoms with Gasteiger partial charge >= 0.3 is 0 Å². The standard InChI is InChI=1S/C24H24N2O4/c27-21-12-6-4-10-19(21)14-15-23(28)25-26-24(29)17-30-22-13-7-5-11-20(22)16-18-8-2-1-3-9-18/h1-13,27H,14-17H2,(H,25,28)(H,26,29). The van der Waals surface area contributed by atoms with Crippen molar-refractivity contribution in [3.05, 3.63) is 95.6 Å². The first kappa shape index (κ1) is 20.9. The summed E-state index contributed by atoms with van der Waals surface area (Å²) in [7, 11) is 0. The predicted molar refractivity (Wildman–Crippen MR) is 114 cm³/mol. The third-order valence-electron chi connectivity index (χ3n) is 4.52. The van der Waals surface area contributed by atoms with E-state index in [2.05, 4.69) is 10.9 Å². The molecule has 0 bridgehead atoms. The summed E-state index contributed by atoms with van der Waals surface area (Å²) < 4.78 is 5.65. The van der Waals surface area contributed by atoms with Gasteiger partial charge in [0.15, 0.2) is 6.61 Å². The number of amides is 2. The SMILES string of the molecule is O=C(CCc1ccccc1O)NNC(=O)COc1ccccc1Cc1ccccc1. The van der Waals surface area contributed by atoms with Crippen LogP contribution in [0.1, 0.15) is 23.1 Å². The summed E-state index contributed by atoms with van der Waals surface area (Å²) in [6, 6.07) is 24.4. The molecule has 0 atom stereocenters. The molecule has 3 rings (SSSR count). The molecule has 3 aromatic rings. The number of phenols is 1. The minimum atomic E-state index is -0.458. The van der Waals surface area contributed by atoms with E-state index in [0.29, 0.717) is 24.2 Å². The molecule has 0 aromatic heterocycles. The van der Waals surface area contributed by atoms with Gasteiger partial charge in [0.25, 0.3) is 5.91 Å². The molecule has 0 saturated heterocycles. The zero-order valence-corrected chi connectivity index (χ0v) is 16.5. The monoisotopic (exact) mass is 404 g/mol. The van der Waals surface area contributed by atoms with Crippen molar-refractivity contribution in [3.63, 3.8) is 0 Å². The first-order valence-electron chi connectivity index (χ1n) is 9.71. The number of aromatic hydroxyl groups is 1. The molecule has 6 heteroatoms. The van der Waals surface area contributed by atoms with Gasteiger partial charge in [0, 0.05) is 12.8 Å². The third-order valence-corrected chi connectivity index (χ3v) is 4.52. The Morgan fingerprint density at radius 3 is 2.17 bits per heavy atom. The summed E-state index contributed by atoms with van der Waals surface area (Å²) in [5.74, 6) is -0.0317. The number of aryl methyl sites for hydroxylation is 1. The van der Waals surface area contributed by atoms with E-state index in [1.54, 1.807) is 24.3 Å². The summed E-state index contributed by atoms with van der Waals surface area (Å²) in [5.41, 5.74) is 7.51. The first-order valence-corrected chi connectivity index (χ1v) is 9.71. The Kier molecular flexibility index (Phi) is 7.44. The Morgan fingerprint density at radius 1 is 0.767 bits per heavy atom. The Bertz CT molecular complexity index is 989. The largest absolute Gasteiger partial charge is 0.508 e. The van der Waals surface area contributed by atoms with E-state index in [-0.39, 0.29) is 24.7 Å². The summed E-state index contributed by atoms with van der Waals surface area (Å²) in [6.07, 6.45) is 1.21. The van der Waals surface area contributed by atoms with Crippen LogP contribution in [0.4, 0.5) is 0 Å². The summed E-state index contributed by atoms with van der Waals surface area (Å²) in [6.45, 7) is -0.217. The lowest BCUT2D eigenvalue weighted by Crippen LogP contribution is -2.43. The molecule has 0 unspecified atom stereocenters. The Hall–Kier alpha value is -3.80. The van der Waals surface area contributed by atoms with Crippen LogP contribution in [-0.2, 0) is 22.4 Å². The molecule has 30 heavy (non-hydrogen) atoms. The highest BCUT2D eigenvalue weighted by Crippen LogP contribution is 2.21. The molecule has 0 saturated carbocycles. The van der Waals surface area contributed by atoms with Gasteiger partial charge in [-0.25, -0.2) is 0 Å². The van der Waals surface area contributed by atoms with Crippen molar-refractivity contribution in [1.82, 2.24) is 10.9 Å². The van der Waals surface area contributed by atoms with Gasteiger partial charge in [-0.3, -0.25) is 20.4 Å². The molecule has 3 aromatic carbocycles. The van der Waals surface area contributed by atoms with Gasteiger partial charge in [-0.2, -0.15) is 0 Å². The van der Waals surface area contributed by atoms with E-state index in [0.717, 1.165) is 11.1 Å². The fraction of sp³-hybridized carbons (Fsp3) is 0.167. The summed E-state index contributed by atoms with van der Waals surface area (Å²) >= 11 is 0. The van der Waals surface area contributed by atoms with Gasteiger partial charge in [0.05, 0.1) is 0 Å². The van der Waals surface area contributed by atoms with Crippen molar-refractivity contribution in [2.24, 2.45) is 0 Å². The van der Waals surface area contributed by atoms with Crippen LogP contribution in [0.3, 0.4) is 0 Å². The number of para-hydroxylation sites is 2. The van der Waals surface area contributed by atoms with Gasteiger partial charge in [0.2, 0.25) is 5.91 Å². The number of nitrogens with one attached hydrogen (secondary N) is 2. The lowest BCUT2D eigenvalue weighted by Gasteiger charge is -2.12. The molecular weight excluding hydrogens is 380 g/mol. The Labute approximate surface area is 175 Å². The number of ether oxygens (including phenoxy) is 1. The molecule has 154 valence electrons. The highest BCUT2D eigenvalue weighted by Gasteiger charge is 2.09. The normalized spacial score (nSPS) is 10.3. The molecule has 0 aliphatic heterocycles. The van der Waals surface area contributed by atoms with Gasteiger partial charge in [-0.15, -0.1) is 0 Å². The first-order chi connectivity index (χ1) is 14.6. The number of hydrazine groups is 1. The number of carbonyl (C=O) groups is 2. The molecular formula is C24H24N2O4. The Morgan fingerprint density at radius 2 is 1.40 bits per heavy atom. The van der Waals surface area contributed by atoms with E-state index in [9.17, 15) is 14.7 Å². The van der Waals surface area contributed by atoms with Crippen molar-refractivity contribution < 1.29 is 19.4 Å². The molecule has 0 aliphatic rings. The van der Waals surface area contributed by atoms with Crippen LogP contribution in [0.15, 0.2) is 78.9 Å². The third kappa shape index (κ3) is 6.38. The highest BCUT2D eigenvalue weighted by molar-refractivity contribution is 5.82. The second-order valence-corrected chi connectivity index (χ2v) is 6.78. The van der Waals surface area contributed by atoms with Crippen LogP contribution in [0.25, 0.3) is 0 Å². The average molecular weight is 404 g/mol. The number of carbonyl (C=O) groups excluding carboxylic acids is 2. The van der Waals surface area contributed by atoms with E-state index in [4.69, 9.17) is 4.74 Å². The molecule has 0 aliphatic carbocycles. The van der Waals surface area contributed by atoms with Gasteiger partial charge in [-0.05, 0) is 35.2 Å². The van der Waals surface area contributed by atoms with Crippen LogP contribution < -0.4 is 15.6 Å². The van der Waals surface area contributed by atoms with Crippen LogP contribution in [0.2, 0.25) is 0 Å². The quantitative estimate of drug-likeness (QED) is 0.504.